The van der Waals surface area contributed by atoms with Crippen LogP contribution in [0.3, 0.4) is 0 Å². The number of phenols is 1. The molecule has 0 saturated heterocycles. The summed E-state index contributed by atoms with van der Waals surface area (Å²) in [4.78, 5) is 20.7. The molecule has 0 fully saturated rings. The van der Waals surface area contributed by atoms with Crippen molar-refractivity contribution >= 4 is 12.2 Å². The lowest BCUT2D eigenvalue weighted by Crippen LogP contribution is -2.23. The standard InChI is InChI=1S/C8H8O3.C7H13NO/c1-11-8-4-6(5-9)2-3-7(8)10;1-5(6(8)9)7(2,3)4/h2-5,10H,1H3;1H2,2-4H3,(H2,8,9). The Morgan fingerprint density at radius 1 is 1.40 bits per heavy atom. The maximum atomic E-state index is 10.5. The molecule has 5 nitrogen and oxygen atoms in total. The highest BCUT2D eigenvalue weighted by Crippen LogP contribution is 2.25. The molecular weight excluding hydrogens is 258 g/mol. The van der Waals surface area contributed by atoms with Crippen LogP contribution in [0.1, 0.15) is 31.1 Å². The van der Waals surface area contributed by atoms with Crippen molar-refractivity contribution in [3.8, 4) is 11.5 Å². The highest BCUT2D eigenvalue weighted by Gasteiger charge is 2.18. The first-order valence-corrected chi connectivity index (χ1v) is 5.94. The normalized spacial score (nSPS) is 10.0. The van der Waals surface area contributed by atoms with E-state index in [9.17, 15) is 9.59 Å². The predicted octanol–water partition coefficient (Wildman–Crippen LogP) is 2.29. The van der Waals surface area contributed by atoms with Gasteiger partial charge in [-0.1, -0.05) is 27.4 Å². The maximum Gasteiger partial charge on any atom is 0.244 e. The molecule has 1 rings (SSSR count). The van der Waals surface area contributed by atoms with Gasteiger partial charge >= 0.3 is 0 Å². The van der Waals surface area contributed by atoms with Crippen molar-refractivity contribution in [1.29, 1.82) is 0 Å². The second-order valence-electron chi connectivity index (χ2n) is 5.14. The van der Waals surface area contributed by atoms with Crippen LogP contribution >= 0.6 is 0 Å². The molecule has 0 radical (unpaired) electrons. The van der Waals surface area contributed by atoms with Gasteiger partial charge in [0.05, 0.1) is 7.11 Å². The molecule has 0 atom stereocenters. The van der Waals surface area contributed by atoms with E-state index in [-0.39, 0.29) is 11.2 Å². The quantitative estimate of drug-likeness (QED) is 0.656. The second kappa shape index (κ2) is 7.33. The molecule has 0 heterocycles. The number of aromatic hydroxyl groups is 1. The molecule has 1 amide bonds. The molecule has 3 N–H and O–H groups in total. The molecular formula is C15H21NO4. The molecule has 0 spiro atoms. The van der Waals surface area contributed by atoms with Crippen LogP contribution in [-0.4, -0.2) is 24.4 Å². The number of rotatable bonds is 3. The molecule has 1 aromatic rings. The Morgan fingerprint density at radius 3 is 2.25 bits per heavy atom. The van der Waals surface area contributed by atoms with Crippen molar-refractivity contribution in [3.05, 3.63) is 35.9 Å². The third-order valence-corrected chi connectivity index (χ3v) is 2.54. The molecule has 0 bridgehead atoms. The van der Waals surface area contributed by atoms with Crippen molar-refractivity contribution in [2.75, 3.05) is 7.11 Å². The van der Waals surface area contributed by atoms with Crippen LogP contribution in [0, 0.1) is 5.41 Å². The predicted molar refractivity (Wildman–Crippen MR) is 77.8 cm³/mol. The van der Waals surface area contributed by atoms with Crippen molar-refractivity contribution in [1.82, 2.24) is 0 Å². The number of phenolic OH excluding ortho intramolecular Hbond substituents is 1. The van der Waals surface area contributed by atoms with Crippen LogP contribution in [0.5, 0.6) is 11.5 Å². The number of ether oxygens (including phenoxy) is 1. The van der Waals surface area contributed by atoms with E-state index in [4.69, 9.17) is 15.6 Å². The van der Waals surface area contributed by atoms with Gasteiger partial charge in [0.25, 0.3) is 0 Å². The number of amides is 1. The zero-order valence-corrected chi connectivity index (χ0v) is 12.3. The Balaban J connectivity index is 0.000000370. The number of methoxy groups -OCH3 is 1. The average Bonchev–Trinajstić information content (AvgIpc) is 2.38. The van der Waals surface area contributed by atoms with E-state index in [2.05, 4.69) is 6.58 Å². The molecule has 0 saturated carbocycles. The Bertz CT molecular complexity index is 501. The van der Waals surface area contributed by atoms with Gasteiger partial charge in [-0.2, -0.15) is 0 Å². The van der Waals surface area contributed by atoms with Gasteiger partial charge in [-0.25, -0.2) is 0 Å². The van der Waals surface area contributed by atoms with E-state index >= 15 is 0 Å². The van der Waals surface area contributed by atoms with Crippen LogP contribution in [-0.2, 0) is 4.79 Å². The van der Waals surface area contributed by atoms with E-state index in [1.54, 1.807) is 0 Å². The van der Waals surface area contributed by atoms with Crippen LogP contribution in [0.2, 0.25) is 0 Å². The van der Waals surface area contributed by atoms with Crippen molar-refractivity contribution in [2.45, 2.75) is 20.8 Å². The van der Waals surface area contributed by atoms with Gasteiger partial charge in [-0.3, -0.25) is 9.59 Å². The zero-order chi connectivity index (χ0) is 15.9. The van der Waals surface area contributed by atoms with Gasteiger partial charge in [-0.15, -0.1) is 0 Å². The van der Waals surface area contributed by atoms with Crippen LogP contribution < -0.4 is 10.5 Å². The molecule has 1 aromatic carbocycles. The fourth-order valence-electron chi connectivity index (χ4n) is 1.14. The summed E-state index contributed by atoms with van der Waals surface area (Å²) in [7, 11) is 1.43. The topological polar surface area (TPSA) is 89.6 Å². The molecule has 0 unspecified atom stereocenters. The average molecular weight is 279 g/mol. The summed E-state index contributed by atoms with van der Waals surface area (Å²) in [5.74, 6) is -0.0600. The Morgan fingerprint density at radius 2 is 1.95 bits per heavy atom. The highest BCUT2D eigenvalue weighted by atomic mass is 16.5. The second-order valence-corrected chi connectivity index (χ2v) is 5.14. The van der Waals surface area contributed by atoms with Gasteiger partial charge < -0.3 is 15.6 Å². The fourth-order valence-corrected chi connectivity index (χ4v) is 1.14. The largest absolute Gasteiger partial charge is 0.504 e. The van der Waals surface area contributed by atoms with Crippen molar-refractivity contribution in [2.24, 2.45) is 11.1 Å². The minimum atomic E-state index is -0.414. The SMILES string of the molecule is C=C(C(N)=O)C(C)(C)C.COc1cc(C=O)ccc1O. The number of aldehydes is 1. The lowest BCUT2D eigenvalue weighted by Gasteiger charge is -2.17. The first kappa shape index (κ1) is 17.7. The van der Waals surface area contributed by atoms with Gasteiger partial charge in [-0.05, 0) is 23.6 Å². The number of benzene rings is 1. The summed E-state index contributed by atoms with van der Waals surface area (Å²) in [5, 5.41) is 9.09. The monoisotopic (exact) mass is 279 g/mol. The molecule has 110 valence electrons. The number of primary amides is 1. The van der Waals surface area contributed by atoms with Gasteiger partial charge in [0.15, 0.2) is 11.5 Å². The van der Waals surface area contributed by atoms with Crippen molar-refractivity contribution in [3.63, 3.8) is 0 Å². The molecule has 0 aromatic heterocycles. The highest BCUT2D eigenvalue weighted by molar-refractivity contribution is 5.92. The van der Waals surface area contributed by atoms with E-state index in [1.807, 2.05) is 20.8 Å². The zero-order valence-electron chi connectivity index (χ0n) is 12.3. The lowest BCUT2D eigenvalue weighted by molar-refractivity contribution is -0.115. The number of carbonyl (C=O) groups excluding carboxylic acids is 2. The van der Waals surface area contributed by atoms with Crippen LogP contribution in [0.15, 0.2) is 30.4 Å². The fraction of sp³-hybridized carbons (Fsp3) is 0.333. The number of hydrogen-bond donors (Lipinski definition) is 2. The van der Waals surface area contributed by atoms with Crippen molar-refractivity contribution < 1.29 is 19.4 Å². The van der Waals surface area contributed by atoms with E-state index in [1.165, 1.54) is 25.3 Å². The smallest absolute Gasteiger partial charge is 0.244 e. The minimum absolute atomic E-state index is 0.0399. The molecule has 0 aliphatic rings. The summed E-state index contributed by atoms with van der Waals surface area (Å²) >= 11 is 0. The first-order chi connectivity index (χ1) is 9.13. The number of hydrogen-bond acceptors (Lipinski definition) is 4. The summed E-state index contributed by atoms with van der Waals surface area (Å²) in [6.07, 6.45) is 0.696. The van der Waals surface area contributed by atoms with E-state index in [0.29, 0.717) is 23.2 Å². The Labute approximate surface area is 119 Å². The maximum absolute atomic E-state index is 10.5. The molecule has 0 aliphatic heterocycles. The Hall–Kier alpha value is -2.30. The number of carbonyl (C=O) groups is 2. The van der Waals surface area contributed by atoms with Crippen LogP contribution in [0.25, 0.3) is 0 Å². The molecule has 5 heteroatoms. The van der Waals surface area contributed by atoms with Gasteiger partial charge in [0, 0.05) is 11.1 Å². The summed E-state index contributed by atoms with van der Waals surface area (Å²) in [6, 6.07) is 4.41. The third-order valence-electron chi connectivity index (χ3n) is 2.54. The first-order valence-electron chi connectivity index (χ1n) is 5.94. The summed E-state index contributed by atoms with van der Waals surface area (Å²) < 4.78 is 4.78. The lowest BCUT2D eigenvalue weighted by atomic mass is 9.87. The van der Waals surface area contributed by atoms with Gasteiger partial charge in [0.2, 0.25) is 5.91 Å². The molecule has 20 heavy (non-hydrogen) atoms. The van der Waals surface area contributed by atoms with Gasteiger partial charge in [0.1, 0.15) is 6.29 Å². The summed E-state index contributed by atoms with van der Waals surface area (Å²) in [6.45, 7) is 9.26. The summed E-state index contributed by atoms with van der Waals surface area (Å²) in [5.41, 5.74) is 5.76. The van der Waals surface area contributed by atoms with Crippen LogP contribution in [0.4, 0.5) is 0 Å². The number of nitrogens with two attached hydrogens (primary N) is 1. The van der Waals surface area contributed by atoms with E-state index < -0.39 is 5.91 Å². The van der Waals surface area contributed by atoms with E-state index in [0.717, 1.165) is 0 Å². The third kappa shape index (κ3) is 5.56. The Kier molecular flexibility index (Phi) is 6.49. The minimum Gasteiger partial charge on any atom is -0.504 e. The molecule has 0 aliphatic carbocycles.